The molecule has 0 amide bonds. The molecule has 3 aromatic rings. The highest BCUT2D eigenvalue weighted by molar-refractivity contribution is 6.30. The summed E-state index contributed by atoms with van der Waals surface area (Å²) in [7, 11) is 1.87. The van der Waals surface area contributed by atoms with E-state index in [2.05, 4.69) is 0 Å². The Kier molecular flexibility index (Phi) is 3.20. The maximum Gasteiger partial charge on any atom is 0.271 e. The summed E-state index contributed by atoms with van der Waals surface area (Å²) >= 11 is 5.89. The molecule has 1 aromatic heterocycles. The summed E-state index contributed by atoms with van der Waals surface area (Å²) in [5.74, 6) is 0. The van der Waals surface area contributed by atoms with Gasteiger partial charge >= 0.3 is 0 Å². The van der Waals surface area contributed by atoms with Gasteiger partial charge in [-0.25, -0.2) is 4.68 Å². The van der Waals surface area contributed by atoms with Crippen LogP contribution in [0.25, 0.3) is 16.9 Å². The third-order valence-corrected chi connectivity index (χ3v) is 3.51. The van der Waals surface area contributed by atoms with Crippen LogP contribution >= 0.6 is 11.6 Å². The fourth-order valence-electron chi connectivity index (χ4n) is 2.29. The monoisotopic (exact) mass is 284 g/mol. The molecule has 0 aliphatic heterocycles. The molecule has 0 atom stereocenters. The molecule has 0 aliphatic rings. The molecule has 0 fully saturated rings. The highest BCUT2D eigenvalue weighted by Gasteiger charge is 2.11. The summed E-state index contributed by atoms with van der Waals surface area (Å²) in [6.45, 7) is 0. The Labute approximate surface area is 121 Å². The van der Waals surface area contributed by atoms with Crippen LogP contribution in [0.2, 0.25) is 5.02 Å². The van der Waals surface area contributed by atoms with Crippen LogP contribution in [0.5, 0.6) is 0 Å². The zero-order valence-corrected chi connectivity index (χ0v) is 11.7. The summed E-state index contributed by atoms with van der Waals surface area (Å²) in [5.41, 5.74) is 2.63. The average Bonchev–Trinajstić information content (AvgIpc) is 2.76. The van der Waals surface area contributed by atoms with Gasteiger partial charge in [0.2, 0.25) is 0 Å². The zero-order valence-electron chi connectivity index (χ0n) is 11.0. The van der Waals surface area contributed by atoms with E-state index in [1.165, 1.54) is 0 Å². The average molecular weight is 285 g/mol. The molecule has 0 spiro atoms. The highest BCUT2D eigenvalue weighted by atomic mass is 35.5. The van der Waals surface area contributed by atoms with Crippen molar-refractivity contribution >= 4 is 11.6 Å². The van der Waals surface area contributed by atoms with E-state index in [1.54, 1.807) is 22.9 Å². The van der Waals surface area contributed by atoms with Crippen LogP contribution in [0.1, 0.15) is 0 Å². The van der Waals surface area contributed by atoms with Gasteiger partial charge < -0.3 is 0 Å². The smallest absolute Gasteiger partial charge is 0.271 e. The molecule has 0 saturated carbocycles. The minimum absolute atomic E-state index is 0.0614. The van der Waals surface area contributed by atoms with E-state index in [1.807, 2.05) is 54.2 Å². The van der Waals surface area contributed by atoms with E-state index in [9.17, 15) is 4.79 Å². The van der Waals surface area contributed by atoms with Gasteiger partial charge in [0.1, 0.15) is 0 Å². The lowest BCUT2D eigenvalue weighted by Gasteiger charge is -2.10. The summed E-state index contributed by atoms with van der Waals surface area (Å²) in [4.78, 5) is 12.2. The van der Waals surface area contributed by atoms with Crippen molar-refractivity contribution in [3.63, 3.8) is 0 Å². The molecule has 2 aromatic carbocycles. The molecule has 0 saturated heterocycles. The predicted molar refractivity (Wildman–Crippen MR) is 81.5 cm³/mol. The summed E-state index contributed by atoms with van der Waals surface area (Å²) in [5, 5.41) is 0.652. The normalized spacial score (nSPS) is 10.7. The minimum atomic E-state index is -0.0614. The second kappa shape index (κ2) is 5.02. The molecule has 20 heavy (non-hydrogen) atoms. The van der Waals surface area contributed by atoms with Gasteiger partial charge in [0, 0.05) is 18.1 Å². The molecule has 0 unspecified atom stereocenters. The second-order valence-corrected chi connectivity index (χ2v) is 4.98. The third kappa shape index (κ3) is 2.17. The number of benzene rings is 2. The topological polar surface area (TPSA) is 26.9 Å². The SMILES string of the molecule is Cn1c(-c2ccccc2)cc(=O)n1-c1ccc(Cl)cc1. The van der Waals surface area contributed by atoms with Crippen LogP contribution in [0, 0.1) is 0 Å². The van der Waals surface area contributed by atoms with Crippen molar-refractivity contribution in [2.24, 2.45) is 7.05 Å². The van der Waals surface area contributed by atoms with Crippen molar-refractivity contribution in [3.8, 4) is 16.9 Å². The number of hydrogen-bond acceptors (Lipinski definition) is 1. The van der Waals surface area contributed by atoms with Crippen molar-refractivity contribution in [1.29, 1.82) is 0 Å². The van der Waals surface area contributed by atoms with E-state index >= 15 is 0 Å². The summed E-state index contributed by atoms with van der Waals surface area (Å²) in [6.07, 6.45) is 0. The molecule has 1 heterocycles. The Morgan fingerprint density at radius 1 is 0.950 bits per heavy atom. The molecule has 0 bridgehead atoms. The quantitative estimate of drug-likeness (QED) is 0.707. The van der Waals surface area contributed by atoms with Crippen molar-refractivity contribution in [2.45, 2.75) is 0 Å². The molecular formula is C16H13ClN2O. The van der Waals surface area contributed by atoms with E-state index < -0.39 is 0 Å². The lowest BCUT2D eigenvalue weighted by molar-refractivity contribution is 0.652. The number of nitrogens with zero attached hydrogens (tertiary/aromatic N) is 2. The van der Waals surface area contributed by atoms with Crippen LogP contribution in [-0.4, -0.2) is 9.36 Å². The first-order chi connectivity index (χ1) is 9.66. The first-order valence-electron chi connectivity index (χ1n) is 6.27. The van der Waals surface area contributed by atoms with Crippen LogP contribution in [0.15, 0.2) is 65.5 Å². The predicted octanol–water partition coefficient (Wildman–Crippen LogP) is 3.50. The first kappa shape index (κ1) is 12.8. The fraction of sp³-hybridized carbons (Fsp3) is 0.0625. The van der Waals surface area contributed by atoms with Gasteiger partial charge in [-0.2, -0.15) is 0 Å². The van der Waals surface area contributed by atoms with E-state index in [-0.39, 0.29) is 5.56 Å². The molecule has 3 rings (SSSR count). The van der Waals surface area contributed by atoms with Gasteiger partial charge in [-0.1, -0.05) is 41.9 Å². The van der Waals surface area contributed by atoms with Crippen LogP contribution in [0.4, 0.5) is 0 Å². The molecule has 3 nitrogen and oxygen atoms in total. The molecule has 0 radical (unpaired) electrons. The third-order valence-electron chi connectivity index (χ3n) is 3.26. The Balaban J connectivity index is 2.17. The Bertz CT molecular complexity index is 786. The van der Waals surface area contributed by atoms with Crippen LogP contribution in [-0.2, 0) is 7.05 Å². The minimum Gasteiger partial charge on any atom is -0.280 e. The second-order valence-electron chi connectivity index (χ2n) is 4.55. The maximum atomic E-state index is 12.2. The lowest BCUT2D eigenvalue weighted by Crippen LogP contribution is -2.18. The number of rotatable bonds is 2. The van der Waals surface area contributed by atoms with Gasteiger partial charge in [0.15, 0.2) is 0 Å². The lowest BCUT2D eigenvalue weighted by atomic mass is 10.1. The van der Waals surface area contributed by atoms with Gasteiger partial charge in [0.05, 0.1) is 11.4 Å². The molecule has 0 aliphatic carbocycles. The van der Waals surface area contributed by atoms with Gasteiger partial charge in [0.25, 0.3) is 5.56 Å². The van der Waals surface area contributed by atoms with E-state index in [4.69, 9.17) is 11.6 Å². The number of halogens is 1. The van der Waals surface area contributed by atoms with Crippen LogP contribution in [0.3, 0.4) is 0 Å². The maximum absolute atomic E-state index is 12.2. The van der Waals surface area contributed by atoms with Crippen molar-refractivity contribution in [3.05, 3.63) is 76.0 Å². The largest absolute Gasteiger partial charge is 0.280 e. The van der Waals surface area contributed by atoms with Crippen LogP contribution < -0.4 is 5.56 Å². The summed E-state index contributed by atoms with van der Waals surface area (Å²) < 4.78 is 3.47. The molecule has 4 heteroatoms. The Morgan fingerprint density at radius 2 is 1.60 bits per heavy atom. The van der Waals surface area contributed by atoms with Crippen molar-refractivity contribution in [2.75, 3.05) is 0 Å². The Morgan fingerprint density at radius 3 is 2.25 bits per heavy atom. The highest BCUT2D eigenvalue weighted by Crippen LogP contribution is 2.19. The van der Waals surface area contributed by atoms with Gasteiger partial charge in [-0.05, 0) is 29.8 Å². The first-order valence-corrected chi connectivity index (χ1v) is 6.65. The Hall–Kier alpha value is -2.26. The molecular weight excluding hydrogens is 272 g/mol. The zero-order chi connectivity index (χ0) is 14.1. The van der Waals surface area contributed by atoms with E-state index in [0.29, 0.717) is 5.02 Å². The van der Waals surface area contributed by atoms with E-state index in [0.717, 1.165) is 16.9 Å². The molecule has 100 valence electrons. The number of aromatic nitrogens is 2. The number of hydrogen-bond donors (Lipinski definition) is 0. The standard InChI is InChI=1S/C16H13ClN2O/c1-18-15(12-5-3-2-4-6-12)11-16(20)19(18)14-9-7-13(17)8-10-14/h2-11H,1H3. The van der Waals surface area contributed by atoms with Crippen molar-refractivity contribution < 1.29 is 0 Å². The fourth-order valence-corrected chi connectivity index (χ4v) is 2.41. The van der Waals surface area contributed by atoms with Gasteiger partial charge in [-0.15, -0.1) is 0 Å². The van der Waals surface area contributed by atoms with Gasteiger partial charge in [-0.3, -0.25) is 9.48 Å². The molecule has 0 N–H and O–H groups in total. The van der Waals surface area contributed by atoms with Crippen molar-refractivity contribution in [1.82, 2.24) is 9.36 Å². The summed E-state index contributed by atoms with van der Waals surface area (Å²) in [6, 6.07) is 18.7.